The summed E-state index contributed by atoms with van der Waals surface area (Å²) in [5.41, 5.74) is 0.335. The zero-order valence-corrected chi connectivity index (χ0v) is 11.2. The molecule has 1 N–H and O–H groups in total. The maximum absolute atomic E-state index is 13.4. The second kappa shape index (κ2) is 6.49. The van der Waals surface area contributed by atoms with Crippen molar-refractivity contribution in [1.29, 1.82) is 0 Å². The van der Waals surface area contributed by atoms with E-state index in [2.05, 4.69) is 9.97 Å². The van der Waals surface area contributed by atoms with Crippen LogP contribution in [-0.2, 0) is 17.1 Å². The second-order valence-corrected chi connectivity index (χ2v) is 4.85. The Morgan fingerprint density at radius 2 is 2.21 bits per heavy atom. The Hall–Kier alpha value is -1.66. The Kier molecular flexibility index (Phi) is 4.70. The van der Waals surface area contributed by atoms with E-state index in [1.807, 2.05) is 0 Å². The molecule has 1 aromatic carbocycles. The second-order valence-electron chi connectivity index (χ2n) is 3.84. The van der Waals surface area contributed by atoms with Gasteiger partial charge in [-0.15, -0.1) is 11.8 Å². The molecule has 4 nitrogen and oxygen atoms in total. The molecule has 0 unspecified atom stereocenters. The molecule has 0 aliphatic heterocycles. The standard InChI is InChI=1S/C13H13FN2O2S/c1-18-7-9-6-13(17)16-12(15-9)8-19-11-5-3-2-4-10(11)14/h2-6H,7-8H2,1H3,(H,15,16,17). The quantitative estimate of drug-likeness (QED) is 0.854. The lowest BCUT2D eigenvalue weighted by Crippen LogP contribution is -2.12. The highest BCUT2D eigenvalue weighted by molar-refractivity contribution is 7.98. The largest absolute Gasteiger partial charge is 0.378 e. The smallest absolute Gasteiger partial charge is 0.251 e. The van der Waals surface area contributed by atoms with Crippen LogP contribution in [0.1, 0.15) is 11.5 Å². The van der Waals surface area contributed by atoms with Crippen molar-refractivity contribution < 1.29 is 9.13 Å². The van der Waals surface area contributed by atoms with Gasteiger partial charge in [-0.25, -0.2) is 9.37 Å². The molecule has 0 aliphatic rings. The number of aromatic amines is 1. The van der Waals surface area contributed by atoms with Gasteiger partial charge in [-0.1, -0.05) is 12.1 Å². The number of hydrogen-bond acceptors (Lipinski definition) is 4. The van der Waals surface area contributed by atoms with Crippen LogP contribution in [0, 0.1) is 5.82 Å². The fourth-order valence-corrected chi connectivity index (χ4v) is 2.37. The third kappa shape index (κ3) is 3.90. The number of nitrogens with one attached hydrogen (secondary N) is 1. The fraction of sp³-hybridized carbons (Fsp3) is 0.231. The molecule has 0 atom stereocenters. The van der Waals surface area contributed by atoms with Crippen molar-refractivity contribution >= 4 is 11.8 Å². The molecule has 2 rings (SSSR count). The van der Waals surface area contributed by atoms with Crippen LogP contribution >= 0.6 is 11.8 Å². The summed E-state index contributed by atoms with van der Waals surface area (Å²) in [6.07, 6.45) is 0. The van der Waals surface area contributed by atoms with Crippen molar-refractivity contribution in [3.63, 3.8) is 0 Å². The fourth-order valence-electron chi connectivity index (χ4n) is 1.56. The van der Waals surface area contributed by atoms with Gasteiger partial charge in [0.15, 0.2) is 0 Å². The van der Waals surface area contributed by atoms with Crippen LogP contribution in [0.25, 0.3) is 0 Å². The minimum Gasteiger partial charge on any atom is -0.378 e. The molecule has 0 bridgehead atoms. The maximum atomic E-state index is 13.4. The molecule has 0 saturated carbocycles. The third-order valence-corrected chi connectivity index (χ3v) is 3.40. The Bertz CT molecular complexity index is 616. The van der Waals surface area contributed by atoms with Crippen molar-refractivity contribution in [2.24, 2.45) is 0 Å². The van der Waals surface area contributed by atoms with Gasteiger partial charge < -0.3 is 9.72 Å². The van der Waals surface area contributed by atoms with Crippen LogP contribution in [0.3, 0.4) is 0 Å². The summed E-state index contributed by atoms with van der Waals surface area (Å²) >= 11 is 1.29. The van der Waals surface area contributed by atoms with E-state index < -0.39 is 0 Å². The summed E-state index contributed by atoms with van der Waals surface area (Å²) in [7, 11) is 1.54. The highest BCUT2D eigenvalue weighted by Gasteiger charge is 2.05. The monoisotopic (exact) mass is 280 g/mol. The first kappa shape index (κ1) is 13.8. The minimum absolute atomic E-state index is 0.230. The summed E-state index contributed by atoms with van der Waals surface area (Å²) in [5, 5.41) is 0. The van der Waals surface area contributed by atoms with E-state index in [1.165, 1.54) is 31.0 Å². The lowest BCUT2D eigenvalue weighted by molar-refractivity contribution is 0.181. The third-order valence-electron chi connectivity index (χ3n) is 2.34. The Balaban J connectivity index is 2.11. The zero-order valence-electron chi connectivity index (χ0n) is 10.4. The lowest BCUT2D eigenvalue weighted by Gasteiger charge is -2.04. The first-order valence-corrected chi connectivity index (χ1v) is 6.63. The van der Waals surface area contributed by atoms with E-state index in [1.54, 1.807) is 18.2 Å². The van der Waals surface area contributed by atoms with Gasteiger partial charge in [0.05, 0.1) is 18.1 Å². The minimum atomic E-state index is -0.275. The van der Waals surface area contributed by atoms with Crippen molar-refractivity contribution in [1.82, 2.24) is 9.97 Å². The summed E-state index contributed by atoms with van der Waals surface area (Å²) in [6.45, 7) is 0.279. The normalized spacial score (nSPS) is 10.6. The van der Waals surface area contributed by atoms with Gasteiger partial charge in [-0.05, 0) is 12.1 Å². The molecule has 6 heteroatoms. The highest BCUT2D eigenvalue weighted by Crippen LogP contribution is 2.23. The van der Waals surface area contributed by atoms with Gasteiger partial charge in [0, 0.05) is 18.1 Å². The highest BCUT2D eigenvalue weighted by atomic mass is 32.2. The molecule has 0 spiro atoms. The number of nitrogens with zero attached hydrogens (tertiary/aromatic N) is 1. The zero-order chi connectivity index (χ0) is 13.7. The Labute approximate surface area is 114 Å². The van der Waals surface area contributed by atoms with Gasteiger partial charge in [0.1, 0.15) is 11.6 Å². The molecule has 2 aromatic rings. The maximum Gasteiger partial charge on any atom is 0.251 e. The van der Waals surface area contributed by atoms with Crippen molar-refractivity contribution in [2.45, 2.75) is 17.3 Å². The molecular weight excluding hydrogens is 267 g/mol. The summed E-state index contributed by atoms with van der Waals surface area (Å²) in [4.78, 5) is 18.8. The number of aromatic nitrogens is 2. The first-order chi connectivity index (χ1) is 9.19. The summed E-state index contributed by atoms with van der Waals surface area (Å²) in [6, 6.07) is 7.89. The summed E-state index contributed by atoms with van der Waals surface area (Å²) < 4.78 is 18.4. The van der Waals surface area contributed by atoms with Crippen LogP contribution in [0.15, 0.2) is 40.0 Å². The number of H-pyrrole nitrogens is 1. The predicted molar refractivity (Wildman–Crippen MR) is 71.5 cm³/mol. The lowest BCUT2D eigenvalue weighted by atomic mass is 10.3. The van der Waals surface area contributed by atoms with E-state index in [4.69, 9.17) is 4.74 Å². The molecular formula is C13H13FN2O2S. The van der Waals surface area contributed by atoms with Gasteiger partial charge in [-0.2, -0.15) is 0 Å². The number of hydrogen-bond donors (Lipinski definition) is 1. The van der Waals surface area contributed by atoms with Gasteiger partial charge in [0.2, 0.25) is 0 Å². The number of ether oxygens (including phenoxy) is 1. The van der Waals surface area contributed by atoms with Gasteiger partial charge in [-0.3, -0.25) is 4.79 Å². The average Bonchev–Trinajstić information content (AvgIpc) is 2.37. The van der Waals surface area contributed by atoms with Crippen molar-refractivity contribution in [2.75, 3.05) is 7.11 Å². The van der Waals surface area contributed by atoms with E-state index in [9.17, 15) is 9.18 Å². The molecule has 0 aliphatic carbocycles. The van der Waals surface area contributed by atoms with Crippen LogP contribution < -0.4 is 5.56 Å². The number of halogens is 1. The molecule has 100 valence electrons. The number of methoxy groups -OCH3 is 1. The van der Waals surface area contributed by atoms with Crippen LogP contribution in [0.4, 0.5) is 4.39 Å². The Morgan fingerprint density at radius 3 is 2.95 bits per heavy atom. The SMILES string of the molecule is COCc1cc(=O)[nH]c(CSc2ccccc2F)n1. The van der Waals surface area contributed by atoms with E-state index in [-0.39, 0.29) is 18.0 Å². The van der Waals surface area contributed by atoms with Crippen molar-refractivity contribution in [3.8, 4) is 0 Å². The number of rotatable bonds is 5. The molecule has 0 saturated heterocycles. The molecule has 0 fully saturated rings. The number of thioether (sulfide) groups is 1. The average molecular weight is 280 g/mol. The van der Waals surface area contributed by atoms with Crippen molar-refractivity contribution in [3.05, 3.63) is 58.0 Å². The first-order valence-electron chi connectivity index (χ1n) is 5.64. The molecule has 0 amide bonds. The number of benzene rings is 1. The molecule has 0 radical (unpaired) electrons. The van der Waals surface area contributed by atoms with Gasteiger partial charge >= 0.3 is 0 Å². The molecule has 19 heavy (non-hydrogen) atoms. The van der Waals surface area contributed by atoms with E-state index in [0.717, 1.165) is 0 Å². The van der Waals surface area contributed by atoms with E-state index in [0.29, 0.717) is 22.2 Å². The Morgan fingerprint density at radius 1 is 1.42 bits per heavy atom. The summed E-state index contributed by atoms with van der Waals surface area (Å²) in [5.74, 6) is 0.629. The molecule has 1 heterocycles. The van der Waals surface area contributed by atoms with E-state index >= 15 is 0 Å². The van der Waals surface area contributed by atoms with Crippen LogP contribution in [0.2, 0.25) is 0 Å². The predicted octanol–water partition coefficient (Wildman–Crippen LogP) is 2.35. The van der Waals surface area contributed by atoms with Crippen LogP contribution in [-0.4, -0.2) is 17.1 Å². The molecule has 1 aromatic heterocycles. The van der Waals surface area contributed by atoms with Crippen LogP contribution in [0.5, 0.6) is 0 Å². The van der Waals surface area contributed by atoms with Gasteiger partial charge in [0.25, 0.3) is 5.56 Å². The topological polar surface area (TPSA) is 55.0 Å².